The Kier molecular flexibility index (Phi) is 4.43. The number of rotatable bonds is 4. The first kappa shape index (κ1) is 13.9. The molecule has 1 aromatic rings. The molecule has 1 heterocycles. The van der Waals surface area contributed by atoms with Crippen LogP contribution in [0.5, 0.6) is 0 Å². The van der Waals surface area contributed by atoms with Gasteiger partial charge in [-0.3, -0.25) is 4.79 Å². The highest BCUT2D eigenvalue weighted by atomic mass is 16.2. The number of carbonyl (C=O) groups excluding carboxylic acids is 1. The summed E-state index contributed by atoms with van der Waals surface area (Å²) in [7, 11) is 0. The van der Waals surface area contributed by atoms with Gasteiger partial charge in [-0.25, -0.2) is 0 Å². The summed E-state index contributed by atoms with van der Waals surface area (Å²) < 4.78 is 0. The van der Waals surface area contributed by atoms with Gasteiger partial charge in [0, 0.05) is 32.1 Å². The molecule has 0 aliphatic carbocycles. The van der Waals surface area contributed by atoms with Gasteiger partial charge >= 0.3 is 0 Å². The van der Waals surface area contributed by atoms with Crippen LogP contribution in [0.25, 0.3) is 0 Å². The number of fused-ring (bicyclic) bond motifs is 1. The van der Waals surface area contributed by atoms with E-state index in [1.165, 1.54) is 0 Å². The summed E-state index contributed by atoms with van der Waals surface area (Å²) in [5.41, 5.74) is 7.92. The SMILES string of the molecule is CCN1CCN(C(=O)CCC(C)N)c2ccccc21. The van der Waals surface area contributed by atoms with Gasteiger partial charge in [-0.2, -0.15) is 0 Å². The van der Waals surface area contributed by atoms with E-state index in [1.54, 1.807) is 0 Å². The fourth-order valence-electron chi connectivity index (χ4n) is 2.50. The Morgan fingerprint density at radius 2 is 2.00 bits per heavy atom. The van der Waals surface area contributed by atoms with Crippen molar-refractivity contribution >= 4 is 17.3 Å². The van der Waals surface area contributed by atoms with Crippen LogP contribution in [0, 0.1) is 0 Å². The predicted octanol–water partition coefficient (Wildman–Crippen LogP) is 1.99. The highest BCUT2D eigenvalue weighted by Gasteiger charge is 2.25. The molecule has 1 aliphatic heterocycles. The molecule has 2 rings (SSSR count). The van der Waals surface area contributed by atoms with Crippen molar-refractivity contribution in [2.24, 2.45) is 5.73 Å². The molecule has 2 N–H and O–H groups in total. The minimum Gasteiger partial charge on any atom is -0.368 e. The van der Waals surface area contributed by atoms with Crippen molar-refractivity contribution in [2.75, 3.05) is 29.4 Å². The van der Waals surface area contributed by atoms with Gasteiger partial charge in [0.1, 0.15) is 0 Å². The van der Waals surface area contributed by atoms with E-state index in [0.717, 1.165) is 37.4 Å². The molecule has 1 aliphatic rings. The number of benzene rings is 1. The van der Waals surface area contributed by atoms with E-state index < -0.39 is 0 Å². The van der Waals surface area contributed by atoms with Gasteiger partial charge in [-0.1, -0.05) is 12.1 Å². The molecule has 1 unspecified atom stereocenters. The number of hydrogen-bond acceptors (Lipinski definition) is 3. The molecule has 4 nitrogen and oxygen atoms in total. The molecule has 0 spiro atoms. The predicted molar refractivity (Wildman–Crippen MR) is 79.6 cm³/mol. The van der Waals surface area contributed by atoms with Gasteiger partial charge in [-0.05, 0) is 32.4 Å². The first-order valence-electron chi connectivity index (χ1n) is 7.03. The Bertz CT molecular complexity index is 445. The van der Waals surface area contributed by atoms with Crippen molar-refractivity contribution in [3.63, 3.8) is 0 Å². The van der Waals surface area contributed by atoms with Crippen molar-refractivity contribution in [1.29, 1.82) is 0 Å². The second-order valence-electron chi connectivity index (χ2n) is 5.13. The minimum atomic E-state index is 0.0797. The van der Waals surface area contributed by atoms with E-state index in [1.807, 2.05) is 30.0 Å². The van der Waals surface area contributed by atoms with Crippen LogP contribution in [0.15, 0.2) is 24.3 Å². The van der Waals surface area contributed by atoms with E-state index in [-0.39, 0.29) is 11.9 Å². The van der Waals surface area contributed by atoms with Gasteiger partial charge < -0.3 is 15.5 Å². The van der Waals surface area contributed by atoms with Crippen LogP contribution < -0.4 is 15.5 Å². The second-order valence-corrected chi connectivity index (χ2v) is 5.13. The van der Waals surface area contributed by atoms with E-state index in [0.29, 0.717) is 6.42 Å². The number of likely N-dealkylation sites (N-methyl/N-ethyl adjacent to an activating group) is 1. The third kappa shape index (κ3) is 3.07. The maximum atomic E-state index is 12.3. The lowest BCUT2D eigenvalue weighted by molar-refractivity contribution is -0.118. The van der Waals surface area contributed by atoms with Crippen molar-refractivity contribution in [1.82, 2.24) is 0 Å². The first-order chi connectivity index (χ1) is 9.13. The van der Waals surface area contributed by atoms with Gasteiger partial charge in [-0.15, -0.1) is 0 Å². The van der Waals surface area contributed by atoms with Crippen LogP contribution in [0.1, 0.15) is 26.7 Å². The summed E-state index contributed by atoms with van der Waals surface area (Å²) >= 11 is 0. The van der Waals surface area contributed by atoms with E-state index >= 15 is 0 Å². The topological polar surface area (TPSA) is 49.6 Å². The summed E-state index contributed by atoms with van der Waals surface area (Å²) in [5.74, 6) is 0.181. The lowest BCUT2D eigenvalue weighted by atomic mass is 10.1. The number of hydrogen-bond donors (Lipinski definition) is 1. The molecule has 0 radical (unpaired) electrons. The number of carbonyl (C=O) groups is 1. The van der Waals surface area contributed by atoms with Crippen molar-refractivity contribution in [3.8, 4) is 0 Å². The average Bonchev–Trinajstić information content (AvgIpc) is 2.43. The molecule has 0 bridgehead atoms. The molecule has 0 fully saturated rings. The van der Waals surface area contributed by atoms with Crippen LogP contribution >= 0.6 is 0 Å². The van der Waals surface area contributed by atoms with Gasteiger partial charge in [0.2, 0.25) is 5.91 Å². The molecule has 0 saturated heterocycles. The summed E-state index contributed by atoms with van der Waals surface area (Å²) in [6, 6.07) is 8.21. The maximum Gasteiger partial charge on any atom is 0.227 e. The van der Waals surface area contributed by atoms with Gasteiger partial charge in [0.15, 0.2) is 0 Å². The highest BCUT2D eigenvalue weighted by molar-refractivity contribution is 5.97. The van der Waals surface area contributed by atoms with Crippen LogP contribution in [0.4, 0.5) is 11.4 Å². The van der Waals surface area contributed by atoms with Crippen LogP contribution in [0.2, 0.25) is 0 Å². The zero-order valence-corrected chi connectivity index (χ0v) is 11.8. The molecule has 19 heavy (non-hydrogen) atoms. The first-order valence-corrected chi connectivity index (χ1v) is 7.03. The number of anilines is 2. The molecular weight excluding hydrogens is 238 g/mol. The Morgan fingerprint density at radius 1 is 1.32 bits per heavy atom. The molecule has 104 valence electrons. The number of amides is 1. The van der Waals surface area contributed by atoms with Crippen LogP contribution in [0.3, 0.4) is 0 Å². The fourth-order valence-corrected chi connectivity index (χ4v) is 2.50. The third-order valence-electron chi connectivity index (χ3n) is 3.60. The molecule has 1 aromatic carbocycles. The summed E-state index contributed by atoms with van der Waals surface area (Å²) in [6.45, 7) is 6.72. The smallest absolute Gasteiger partial charge is 0.227 e. The standard InChI is InChI=1S/C15H23N3O/c1-3-17-10-11-18(15(19)9-8-12(2)16)14-7-5-4-6-13(14)17/h4-7,12H,3,8-11,16H2,1-2H3. The molecule has 0 saturated carbocycles. The van der Waals surface area contributed by atoms with Crippen LogP contribution in [-0.4, -0.2) is 31.6 Å². The monoisotopic (exact) mass is 261 g/mol. The molecule has 0 aromatic heterocycles. The Hall–Kier alpha value is -1.55. The summed E-state index contributed by atoms with van der Waals surface area (Å²) in [5, 5.41) is 0. The lowest BCUT2D eigenvalue weighted by Crippen LogP contribution is -2.44. The largest absolute Gasteiger partial charge is 0.368 e. The quantitative estimate of drug-likeness (QED) is 0.901. The lowest BCUT2D eigenvalue weighted by Gasteiger charge is -2.37. The Morgan fingerprint density at radius 3 is 2.63 bits per heavy atom. The van der Waals surface area contributed by atoms with Gasteiger partial charge in [0.05, 0.1) is 11.4 Å². The number of para-hydroxylation sites is 2. The van der Waals surface area contributed by atoms with Crippen molar-refractivity contribution in [3.05, 3.63) is 24.3 Å². The zero-order chi connectivity index (χ0) is 13.8. The highest BCUT2D eigenvalue weighted by Crippen LogP contribution is 2.32. The molecule has 1 atom stereocenters. The maximum absolute atomic E-state index is 12.3. The molecular formula is C15H23N3O. The minimum absolute atomic E-state index is 0.0797. The Labute approximate surface area is 115 Å². The molecule has 1 amide bonds. The van der Waals surface area contributed by atoms with E-state index in [4.69, 9.17) is 5.73 Å². The normalized spacial score (nSPS) is 16.2. The van der Waals surface area contributed by atoms with Crippen molar-refractivity contribution < 1.29 is 4.79 Å². The zero-order valence-electron chi connectivity index (χ0n) is 11.8. The van der Waals surface area contributed by atoms with Crippen LogP contribution in [-0.2, 0) is 4.79 Å². The number of nitrogens with zero attached hydrogens (tertiary/aromatic N) is 2. The number of nitrogens with two attached hydrogens (primary N) is 1. The third-order valence-corrected chi connectivity index (χ3v) is 3.60. The van der Waals surface area contributed by atoms with Gasteiger partial charge in [0.25, 0.3) is 0 Å². The fraction of sp³-hybridized carbons (Fsp3) is 0.533. The summed E-state index contributed by atoms with van der Waals surface area (Å²) in [6.07, 6.45) is 1.27. The Balaban J connectivity index is 2.17. The average molecular weight is 261 g/mol. The molecule has 4 heteroatoms. The van der Waals surface area contributed by atoms with E-state index in [2.05, 4.69) is 17.9 Å². The second kappa shape index (κ2) is 6.06. The van der Waals surface area contributed by atoms with Crippen molar-refractivity contribution in [2.45, 2.75) is 32.7 Å². The summed E-state index contributed by atoms with van der Waals surface area (Å²) in [4.78, 5) is 16.5. The van der Waals surface area contributed by atoms with E-state index in [9.17, 15) is 4.79 Å².